The maximum atomic E-state index is 12.8. The molecule has 1 rings (SSSR count). The van der Waals surface area contributed by atoms with Crippen LogP contribution in [0.1, 0.15) is 16.7 Å². The molecule has 1 aromatic rings. The first kappa shape index (κ1) is 17.4. The smallest absolute Gasteiger partial charge is 0.445 e. The quantitative estimate of drug-likeness (QED) is 0.550. The van der Waals surface area contributed by atoms with Gasteiger partial charge in [0.15, 0.2) is 0 Å². The molecule has 1 aromatic carbocycles. The summed E-state index contributed by atoms with van der Waals surface area (Å²) in [7, 11) is 0. The molecule has 2 N–H and O–H groups in total. The van der Waals surface area contributed by atoms with Gasteiger partial charge < -0.3 is 18.7 Å². The van der Waals surface area contributed by atoms with E-state index in [0.29, 0.717) is 14.7 Å². The van der Waals surface area contributed by atoms with Crippen LogP contribution in [0.4, 0.5) is 12.9 Å². The maximum absolute atomic E-state index is 12.8. The van der Waals surface area contributed by atoms with Crippen molar-refractivity contribution < 1.29 is 64.3 Å². The first-order valence-electron chi connectivity index (χ1n) is 4.47. The van der Waals surface area contributed by atoms with Crippen LogP contribution in [0, 0.1) is 17.4 Å². The second-order valence-electron chi connectivity index (χ2n) is 3.46. The predicted molar refractivity (Wildman–Crippen MR) is 65.2 cm³/mol. The summed E-state index contributed by atoms with van der Waals surface area (Å²) in [5.74, 6) is 0. The molecular formula is C9H11BF3IKN. The van der Waals surface area contributed by atoms with Crippen molar-refractivity contribution in [3.63, 3.8) is 0 Å². The fourth-order valence-electron chi connectivity index (χ4n) is 1.66. The molecule has 0 heterocycles. The fraction of sp³-hybridized carbons (Fsp3) is 0.333. The zero-order valence-corrected chi connectivity index (χ0v) is 14.7. The topological polar surface area (TPSA) is 26.0 Å². The van der Waals surface area contributed by atoms with Crippen molar-refractivity contribution >= 4 is 35.0 Å². The van der Waals surface area contributed by atoms with Gasteiger partial charge in [-0.15, -0.1) is 5.46 Å². The average molecular weight is 367 g/mol. The number of rotatable bonds is 2. The van der Waals surface area contributed by atoms with Gasteiger partial charge in [-0.05, 0) is 48.1 Å². The summed E-state index contributed by atoms with van der Waals surface area (Å²) in [6.45, 7) is -1.84. The first-order chi connectivity index (χ1) is 6.79. The molecule has 0 saturated heterocycles. The van der Waals surface area contributed by atoms with E-state index in [2.05, 4.69) is 0 Å². The van der Waals surface area contributed by atoms with Crippen LogP contribution >= 0.6 is 22.6 Å². The summed E-state index contributed by atoms with van der Waals surface area (Å²) in [5, 5.41) is 0. The van der Waals surface area contributed by atoms with E-state index in [1.54, 1.807) is 6.07 Å². The van der Waals surface area contributed by atoms with Crippen molar-refractivity contribution in [3.05, 3.63) is 26.3 Å². The molecule has 0 aliphatic rings. The first-order valence-corrected chi connectivity index (χ1v) is 5.55. The van der Waals surface area contributed by atoms with Crippen molar-refractivity contribution in [1.29, 1.82) is 0 Å². The molecule has 0 aliphatic carbocycles. The average Bonchev–Trinajstić information content (AvgIpc) is 2.09. The summed E-state index contributed by atoms with van der Waals surface area (Å²) >= 11 is 1.91. The van der Waals surface area contributed by atoms with Crippen LogP contribution in [0.15, 0.2) is 6.07 Å². The third kappa shape index (κ3) is 3.70. The largest absolute Gasteiger partial charge is 1.00 e. The Kier molecular flexibility index (Phi) is 7.11. The van der Waals surface area contributed by atoms with Crippen LogP contribution in [0.2, 0.25) is 0 Å². The second-order valence-corrected chi connectivity index (χ2v) is 4.62. The molecule has 7 heteroatoms. The number of nitrogens with two attached hydrogens (primary N) is 1. The Bertz CT molecular complexity index is 395. The monoisotopic (exact) mass is 367 g/mol. The minimum atomic E-state index is -4.96. The maximum Gasteiger partial charge on any atom is 1.00 e. The third-order valence-corrected chi connectivity index (χ3v) is 3.62. The Labute approximate surface area is 149 Å². The molecule has 0 amide bonds. The molecule has 0 spiro atoms. The molecule has 0 saturated carbocycles. The van der Waals surface area contributed by atoms with E-state index in [0.717, 1.165) is 0 Å². The molecule has 0 fully saturated rings. The summed E-state index contributed by atoms with van der Waals surface area (Å²) < 4.78 is 39.1. The number of benzene rings is 1. The molecule has 0 atom stereocenters. The van der Waals surface area contributed by atoms with Gasteiger partial charge in [0, 0.05) is 10.1 Å². The summed E-state index contributed by atoms with van der Waals surface area (Å²) in [6, 6.07) is 1.72. The molecule has 84 valence electrons. The molecular weight excluding hydrogens is 356 g/mol. The van der Waals surface area contributed by atoms with E-state index in [-0.39, 0.29) is 63.5 Å². The standard InChI is InChI=1S/C9H11BF3IN.K/c1-5-7(4-15)3-8(14)6(2)9(5)10(11,12)13;/h3H,4,15H2,1-2H3;/q-1;+1. The minimum Gasteiger partial charge on any atom is -0.445 e. The molecule has 0 unspecified atom stereocenters. The van der Waals surface area contributed by atoms with Crippen LogP contribution in [-0.2, 0) is 6.54 Å². The van der Waals surface area contributed by atoms with Crippen molar-refractivity contribution in [3.8, 4) is 0 Å². The summed E-state index contributed by atoms with van der Waals surface area (Å²) in [6.07, 6.45) is 0. The van der Waals surface area contributed by atoms with Crippen LogP contribution in [0.25, 0.3) is 0 Å². The Hall–Kier alpha value is 1.40. The van der Waals surface area contributed by atoms with Gasteiger partial charge in [-0.1, -0.05) is 11.1 Å². The van der Waals surface area contributed by atoms with Crippen molar-refractivity contribution in [1.82, 2.24) is 0 Å². The van der Waals surface area contributed by atoms with Crippen LogP contribution in [0.3, 0.4) is 0 Å². The van der Waals surface area contributed by atoms with Gasteiger partial charge in [-0.25, -0.2) is 0 Å². The van der Waals surface area contributed by atoms with Crippen molar-refractivity contribution in [2.75, 3.05) is 0 Å². The molecule has 0 aliphatic heterocycles. The Morgan fingerprint density at radius 2 is 1.75 bits per heavy atom. The van der Waals surface area contributed by atoms with E-state index in [4.69, 9.17) is 5.73 Å². The van der Waals surface area contributed by atoms with Gasteiger partial charge in [0.1, 0.15) is 0 Å². The van der Waals surface area contributed by atoms with Crippen molar-refractivity contribution in [2.24, 2.45) is 5.73 Å². The summed E-state index contributed by atoms with van der Waals surface area (Å²) in [5.41, 5.74) is 6.07. The van der Waals surface area contributed by atoms with Crippen molar-refractivity contribution in [2.45, 2.75) is 20.4 Å². The summed E-state index contributed by atoms with van der Waals surface area (Å²) in [4.78, 5) is 0. The molecule has 1 nitrogen and oxygen atoms in total. The van der Waals surface area contributed by atoms with Crippen LogP contribution < -0.4 is 62.6 Å². The van der Waals surface area contributed by atoms with E-state index in [1.807, 2.05) is 22.6 Å². The zero-order valence-electron chi connectivity index (χ0n) is 9.45. The van der Waals surface area contributed by atoms with E-state index >= 15 is 0 Å². The SMILES string of the molecule is Cc1c(I)cc(CN)c(C)c1[B-](F)(F)F.[K+]. The minimum absolute atomic E-state index is 0. The molecule has 0 aromatic heterocycles. The van der Waals surface area contributed by atoms with Crippen LogP contribution in [0.5, 0.6) is 0 Å². The van der Waals surface area contributed by atoms with Gasteiger partial charge in [-0.2, -0.15) is 0 Å². The van der Waals surface area contributed by atoms with E-state index in [9.17, 15) is 12.9 Å². The number of halogens is 4. The van der Waals surface area contributed by atoms with E-state index in [1.165, 1.54) is 13.8 Å². The zero-order chi connectivity index (χ0) is 11.8. The normalized spacial score (nSPS) is 11.2. The van der Waals surface area contributed by atoms with E-state index < -0.39 is 12.4 Å². The van der Waals surface area contributed by atoms with Crippen LogP contribution in [-0.4, -0.2) is 6.98 Å². The Balaban J connectivity index is 0.00000225. The van der Waals surface area contributed by atoms with Gasteiger partial charge in [0.25, 0.3) is 0 Å². The Morgan fingerprint density at radius 1 is 1.25 bits per heavy atom. The fourth-order valence-corrected chi connectivity index (χ4v) is 2.32. The van der Waals surface area contributed by atoms with Gasteiger partial charge in [0.05, 0.1) is 0 Å². The second kappa shape index (κ2) is 6.53. The predicted octanol–water partition coefficient (Wildman–Crippen LogP) is -0.575. The van der Waals surface area contributed by atoms with Gasteiger partial charge >= 0.3 is 58.4 Å². The number of hydrogen-bond donors (Lipinski definition) is 1. The number of hydrogen-bond acceptors (Lipinski definition) is 1. The Morgan fingerprint density at radius 3 is 2.12 bits per heavy atom. The molecule has 16 heavy (non-hydrogen) atoms. The van der Waals surface area contributed by atoms with Gasteiger partial charge in [0.2, 0.25) is 0 Å². The molecule has 0 bridgehead atoms. The molecule has 0 radical (unpaired) electrons. The third-order valence-electron chi connectivity index (χ3n) is 2.50. The van der Waals surface area contributed by atoms with Gasteiger partial charge in [-0.3, -0.25) is 0 Å².